The van der Waals surface area contributed by atoms with Crippen LogP contribution in [0, 0.1) is 18.3 Å². The van der Waals surface area contributed by atoms with Crippen molar-refractivity contribution < 1.29 is 13.9 Å². The van der Waals surface area contributed by atoms with Gasteiger partial charge < -0.3 is 15.4 Å². The summed E-state index contributed by atoms with van der Waals surface area (Å²) in [6.45, 7) is 1.38. The van der Waals surface area contributed by atoms with E-state index in [0.29, 0.717) is 53.7 Å². The molecule has 1 aliphatic rings. The Morgan fingerprint density at radius 2 is 2.05 bits per heavy atom. The van der Waals surface area contributed by atoms with Gasteiger partial charge in [-0.05, 0) is 61.2 Å². The number of carbonyl (C=O) groups is 1. The maximum atomic E-state index is 13.4. The first-order chi connectivity index (χ1) is 17.9. The number of nitrogens with zero attached hydrogens (tertiary/aromatic N) is 5. The molecule has 10 heteroatoms. The van der Waals surface area contributed by atoms with Crippen LogP contribution in [-0.4, -0.2) is 49.3 Å². The Labute approximate surface area is 218 Å². The second-order valence-electron chi connectivity index (χ2n) is 8.88. The molecule has 2 atom stereocenters. The molecule has 0 radical (unpaired) electrons. The molecule has 1 saturated heterocycles. The Bertz CT molecular complexity index is 1480. The number of alkyl halides is 2. The van der Waals surface area contributed by atoms with Crippen molar-refractivity contribution in [1.82, 2.24) is 24.6 Å². The number of anilines is 1. The fraction of sp³-hybridized carbons (Fsp3) is 0.259. The van der Waals surface area contributed by atoms with Crippen LogP contribution < -0.4 is 10.5 Å². The van der Waals surface area contributed by atoms with Crippen LogP contribution >= 0.6 is 11.6 Å². The number of hydrogen-bond acceptors (Lipinski definition) is 6. The van der Waals surface area contributed by atoms with Gasteiger partial charge in [-0.25, -0.2) is 19.0 Å². The number of nitrogen functional groups attached to an aromatic ring is 1. The van der Waals surface area contributed by atoms with Crippen LogP contribution in [0.3, 0.4) is 0 Å². The average molecular weight is 519 g/mol. The standard InChI is InChI=1S/C27H24ClFN6O2/c1-2-17-5-3-7-21(13-17)37-20-10-8-19(9-11-20)23-22-25(30)31-16-32-26(22)35(33-23)15-18-6-4-12-34(14-18)27(36)24(28)29/h1,3,5,7-11,13,16,18,24H,4,6,12,14-15H2,(H2,30,31,32)/t18-,24?/m0/s1. The molecular weight excluding hydrogens is 495 g/mol. The summed E-state index contributed by atoms with van der Waals surface area (Å²) in [5.41, 5.74) is 7.00. The van der Waals surface area contributed by atoms with Crippen molar-refractivity contribution >= 4 is 34.4 Å². The van der Waals surface area contributed by atoms with Gasteiger partial charge in [-0.2, -0.15) is 5.10 Å². The minimum absolute atomic E-state index is 0.0646. The summed E-state index contributed by atoms with van der Waals surface area (Å²) in [6, 6.07) is 14.8. The van der Waals surface area contributed by atoms with E-state index in [1.807, 2.05) is 42.5 Å². The normalized spacial score (nSPS) is 16.4. The molecule has 2 aromatic carbocycles. The van der Waals surface area contributed by atoms with Crippen molar-refractivity contribution in [3.8, 4) is 35.1 Å². The van der Waals surface area contributed by atoms with E-state index in [1.165, 1.54) is 11.2 Å². The lowest BCUT2D eigenvalue weighted by molar-refractivity contribution is -0.135. The molecule has 0 aliphatic carbocycles. The summed E-state index contributed by atoms with van der Waals surface area (Å²) >= 11 is 5.38. The number of amides is 1. The number of nitrogens with two attached hydrogens (primary N) is 1. The van der Waals surface area contributed by atoms with Crippen LogP contribution in [0.2, 0.25) is 0 Å². The molecule has 37 heavy (non-hydrogen) atoms. The number of carbonyl (C=O) groups excluding carboxylic acids is 1. The second-order valence-corrected chi connectivity index (χ2v) is 9.26. The average Bonchev–Trinajstić information content (AvgIpc) is 3.28. The number of halogens is 2. The summed E-state index contributed by atoms with van der Waals surface area (Å²) < 4.78 is 21.1. The van der Waals surface area contributed by atoms with Gasteiger partial charge in [-0.15, -0.1) is 6.42 Å². The highest BCUT2D eigenvalue weighted by atomic mass is 35.5. The van der Waals surface area contributed by atoms with E-state index in [0.717, 1.165) is 24.0 Å². The molecule has 0 bridgehead atoms. The number of likely N-dealkylation sites (tertiary alicyclic amines) is 1. The van der Waals surface area contributed by atoms with Crippen LogP contribution in [0.15, 0.2) is 54.9 Å². The number of ether oxygens (including phenoxy) is 1. The van der Waals surface area contributed by atoms with Crippen molar-refractivity contribution in [1.29, 1.82) is 0 Å². The van der Waals surface area contributed by atoms with Gasteiger partial charge in [0.05, 0.1) is 5.39 Å². The number of benzene rings is 2. The summed E-state index contributed by atoms with van der Waals surface area (Å²) in [4.78, 5) is 22.1. The molecule has 2 aromatic heterocycles. The van der Waals surface area contributed by atoms with E-state index < -0.39 is 11.5 Å². The quantitative estimate of drug-likeness (QED) is 0.295. The van der Waals surface area contributed by atoms with Crippen LogP contribution in [-0.2, 0) is 11.3 Å². The van der Waals surface area contributed by atoms with Gasteiger partial charge in [0.15, 0.2) is 5.65 Å². The number of rotatable bonds is 6. The Balaban J connectivity index is 1.41. The summed E-state index contributed by atoms with van der Waals surface area (Å²) in [6.07, 6.45) is 8.50. The van der Waals surface area contributed by atoms with Gasteiger partial charge in [0.1, 0.15) is 29.3 Å². The minimum Gasteiger partial charge on any atom is -0.457 e. The largest absolute Gasteiger partial charge is 0.457 e. The Morgan fingerprint density at radius 3 is 2.81 bits per heavy atom. The number of hydrogen-bond donors (Lipinski definition) is 1. The van der Waals surface area contributed by atoms with Crippen LogP contribution in [0.1, 0.15) is 18.4 Å². The predicted molar refractivity (Wildman–Crippen MR) is 140 cm³/mol. The Hall–Kier alpha value is -4.16. The summed E-state index contributed by atoms with van der Waals surface area (Å²) in [5.74, 6) is 3.57. The zero-order valence-electron chi connectivity index (χ0n) is 19.8. The van der Waals surface area contributed by atoms with Crippen molar-refractivity contribution in [2.45, 2.75) is 25.0 Å². The van der Waals surface area contributed by atoms with E-state index >= 15 is 0 Å². The second kappa shape index (κ2) is 10.4. The van der Waals surface area contributed by atoms with Gasteiger partial charge in [0.2, 0.25) is 0 Å². The fourth-order valence-corrected chi connectivity index (χ4v) is 4.76. The van der Waals surface area contributed by atoms with E-state index in [9.17, 15) is 9.18 Å². The van der Waals surface area contributed by atoms with Crippen LogP contribution in [0.25, 0.3) is 22.3 Å². The molecule has 8 nitrogen and oxygen atoms in total. The highest BCUT2D eigenvalue weighted by Crippen LogP contribution is 2.33. The van der Waals surface area contributed by atoms with Crippen LogP contribution in [0.5, 0.6) is 11.5 Å². The molecule has 3 heterocycles. The van der Waals surface area contributed by atoms with Gasteiger partial charge >= 0.3 is 0 Å². The maximum absolute atomic E-state index is 13.4. The van der Waals surface area contributed by atoms with Gasteiger partial charge in [-0.3, -0.25) is 4.79 Å². The minimum atomic E-state index is -2.03. The Morgan fingerprint density at radius 1 is 1.24 bits per heavy atom. The van der Waals surface area contributed by atoms with Crippen molar-refractivity contribution in [2.24, 2.45) is 5.92 Å². The molecule has 5 rings (SSSR count). The number of piperidine rings is 1. The summed E-state index contributed by atoms with van der Waals surface area (Å²) in [7, 11) is 0. The van der Waals surface area contributed by atoms with Crippen molar-refractivity contribution in [3.05, 3.63) is 60.4 Å². The highest BCUT2D eigenvalue weighted by molar-refractivity contribution is 6.29. The molecule has 0 saturated carbocycles. The molecule has 1 unspecified atom stereocenters. The maximum Gasteiger partial charge on any atom is 0.272 e. The molecular formula is C27H24ClFN6O2. The van der Waals surface area contributed by atoms with E-state index in [1.54, 1.807) is 10.7 Å². The monoisotopic (exact) mass is 518 g/mol. The molecule has 188 valence electrons. The first-order valence-corrected chi connectivity index (χ1v) is 12.3. The molecule has 1 amide bonds. The lowest BCUT2D eigenvalue weighted by Crippen LogP contribution is -2.43. The third kappa shape index (κ3) is 5.20. The molecule has 1 fully saturated rings. The lowest BCUT2D eigenvalue weighted by Gasteiger charge is -2.32. The van der Waals surface area contributed by atoms with Gasteiger partial charge in [0, 0.05) is 30.8 Å². The molecule has 2 N–H and O–H groups in total. The summed E-state index contributed by atoms with van der Waals surface area (Å²) in [5, 5.41) is 5.47. The zero-order chi connectivity index (χ0) is 25.9. The molecule has 4 aromatic rings. The lowest BCUT2D eigenvalue weighted by atomic mass is 9.98. The predicted octanol–water partition coefficient (Wildman–Crippen LogP) is 4.62. The van der Waals surface area contributed by atoms with Crippen molar-refractivity contribution in [2.75, 3.05) is 18.8 Å². The van der Waals surface area contributed by atoms with Crippen molar-refractivity contribution in [3.63, 3.8) is 0 Å². The van der Waals surface area contributed by atoms with Gasteiger partial charge in [0.25, 0.3) is 11.5 Å². The smallest absolute Gasteiger partial charge is 0.272 e. The number of aromatic nitrogens is 4. The van der Waals surface area contributed by atoms with E-state index in [4.69, 9.17) is 33.6 Å². The van der Waals surface area contributed by atoms with E-state index in [-0.39, 0.29) is 5.92 Å². The third-order valence-electron chi connectivity index (χ3n) is 6.37. The fourth-order valence-electron chi connectivity index (χ4n) is 4.62. The third-order valence-corrected chi connectivity index (χ3v) is 6.56. The first-order valence-electron chi connectivity index (χ1n) is 11.8. The highest BCUT2D eigenvalue weighted by Gasteiger charge is 2.29. The van der Waals surface area contributed by atoms with Crippen LogP contribution in [0.4, 0.5) is 10.2 Å². The SMILES string of the molecule is C#Cc1cccc(Oc2ccc(-c3nn(C[C@H]4CCCN(C(=O)C(F)Cl)C4)c4ncnc(N)c34)cc2)c1. The molecule has 0 spiro atoms. The number of fused-ring (bicyclic) bond motifs is 1. The van der Waals surface area contributed by atoms with Gasteiger partial charge in [-0.1, -0.05) is 23.6 Å². The Kier molecular flexibility index (Phi) is 6.93. The molecule has 1 aliphatic heterocycles. The zero-order valence-corrected chi connectivity index (χ0v) is 20.6. The first kappa shape index (κ1) is 24.5. The van der Waals surface area contributed by atoms with E-state index in [2.05, 4.69) is 15.9 Å². The topological polar surface area (TPSA) is 99.2 Å². The number of terminal acetylenes is 1.